The number of aryl methyl sites for hydroxylation is 1. The number of carboxylic acid groups (broad SMARTS) is 1. The maximum absolute atomic E-state index is 11.2. The predicted molar refractivity (Wildman–Crippen MR) is 60.7 cm³/mol. The average Bonchev–Trinajstić information content (AvgIpc) is 2.77. The largest absolute Gasteiger partial charge is 0.481 e. The molecule has 0 amide bonds. The van der Waals surface area contributed by atoms with Crippen LogP contribution < -0.4 is 5.56 Å². The number of nitrogens with one attached hydrogen (secondary N) is 1. The van der Waals surface area contributed by atoms with Gasteiger partial charge in [-0.15, -0.1) is 5.10 Å². The highest BCUT2D eigenvalue weighted by atomic mass is 16.4. The third-order valence-corrected chi connectivity index (χ3v) is 2.30. The van der Waals surface area contributed by atoms with Gasteiger partial charge in [-0.05, 0) is 22.9 Å². The minimum absolute atomic E-state index is 0.0462. The smallest absolute Gasteiger partial charge is 0.303 e. The molecule has 0 radical (unpaired) electrons. The first-order valence-electron chi connectivity index (χ1n) is 5.34. The summed E-state index contributed by atoms with van der Waals surface area (Å²) in [5.41, 5.74) is 0.260. The number of aromatic amines is 1. The van der Waals surface area contributed by atoms with Crippen molar-refractivity contribution >= 4 is 5.97 Å². The Bertz CT molecular complexity index is 603. The Morgan fingerprint density at radius 2 is 2.28 bits per heavy atom. The van der Waals surface area contributed by atoms with E-state index in [2.05, 4.69) is 20.5 Å². The van der Waals surface area contributed by atoms with Crippen LogP contribution in [0.5, 0.6) is 0 Å². The molecule has 2 aromatic rings. The van der Waals surface area contributed by atoms with E-state index in [-0.39, 0.29) is 12.0 Å². The quantitative estimate of drug-likeness (QED) is 0.764. The van der Waals surface area contributed by atoms with E-state index in [0.29, 0.717) is 24.5 Å². The fraction of sp³-hybridized carbons (Fsp3) is 0.300. The summed E-state index contributed by atoms with van der Waals surface area (Å²) in [5.74, 6) is -0.448. The molecule has 0 saturated carbocycles. The van der Waals surface area contributed by atoms with Gasteiger partial charge < -0.3 is 10.1 Å². The minimum atomic E-state index is -0.863. The highest BCUT2D eigenvalue weighted by Gasteiger charge is 2.09. The molecule has 0 saturated heterocycles. The van der Waals surface area contributed by atoms with Crippen LogP contribution in [0.1, 0.15) is 12.8 Å². The predicted octanol–water partition coefficient (Wildman–Crippen LogP) is -0.107. The number of hydrogen-bond acceptors (Lipinski definition) is 5. The molecule has 2 aromatic heterocycles. The molecule has 0 aliphatic carbocycles. The van der Waals surface area contributed by atoms with Crippen molar-refractivity contribution in [3.8, 4) is 11.5 Å². The van der Waals surface area contributed by atoms with E-state index in [1.165, 1.54) is 10.7 Å². The van der Waals surface area contributed by atoms with Crippen molar-refractivity contribution < 1.29 is 9.90 Å². The number of carbonyl (C=O) groups is 1. The van der Waals surface area contributed by atoms with Gasteiger partial charge in [0.2, 0.25) is 5.56 Å². The monoisotopic (exact) mass is 249 g/mol. The Morgan fingerprint density at radius 3 is 3.00 bits per heavy atom. The first-order chi connectivity index (χ1) is 8.66. The van der Waals surface area contributed by atoms with E-state index in [0.717, 1.165) is 0 Å². The van der Waals surface area contributed by atoms with Gasteiger partial charge in [0.05, 0.1) is 5.69 Å². The molecular formula is C10H11N5O3. The van der Waals surface area contributed by atoms with Crippen LogP contribution >= 0.6 is 0 Å². The van der Waals surface area contributed by atoms with Crippen LogP contribution in [-0.2, 0) is 11.3 Å². The van der Waals surface area contributed by atoms with Gasteiger partial charge >= 0.3 is 5.97 Å². The highest BCUT2D eigenvalue weighted by Crippen LogP contribution is 2.10. The number of H-pyrrole nitrogens is 1. The van der Waals surface area contributed by atoms with Crippen LogP contribution in [0.4, 0.5) is 0 Å². The van der Waals surface area contributed by atoms with Crippen molar-refractivity contribution in [2.75, 3.05) is 0 Å². The second-order valence-corrected chi connectivity index (χ2v) is 3.65. The number of aliphatic carboxylic acids is 1. The van der Waals surface area contributed by atoms with E-state index in [1.54, 1.807) is 12.1 Å². The molecule has 18 heavy (non-hydrogen) atoms. The third-order valence-electron chi connectivity index (χ3n) is 2.30. The summed E-state index contributed by atoms with van der Waals surface area (Å²) in [6.45, 7) is 0.381. The molecule has 0 aliphatic heterocycles. The van der Waals surface area contributed by atoms with Gasteiger partial charge in [0, 0.05) is 19.0 Å². The molecule has 2 N–H and O–H groups in total. The zero-order valence-corrected chi connectivity index (χ0v) is 9.41. The van der Waals surface area contributed by atoms with Crippen molar-refractivity contribution in [3.63, 3.8) is 0 Å². The topological polar surface area (TPSA) is 114 Å². The Balaban J connectivity index is 2.17. The van der Waals surface area contributed by atoms with Crippen LogP contribution in [0.2, 0.25) is 0 Å². The number of carboxylic acids is 1. The van der Waals surface area contributed by atoms with Crippen LogP contribution in [-0.4, -0.2) is 36.3 Å². The zero-order valence-electron chi connectivity index (χ0n) is 9.41. The summed E-state index contributed by atoms with van der Waals surface area (Å²) < 4.78 is 1.47. The molecule has 8 heteroatoms. The third kappa shape index (κ3) is 2.78. The Kier molecular flexibility index (Phi) is 3.46. The zero-order chi connectivity index (χ0) is 13.0. The SMILES string of the molecule is O=C(O)CCCn1nnnc1-c1cccc(=O)[nH]1. The lowest BCUT2D eigenvalue weighted by molar-refractivity contribution is -0.137. The molecular weight excluding hydrogens is 238 g/mol. The van der Waals surface area contributed by atoms with Crippen molar-refractivity contribution in [1.29, 1.82) is 0 Å². The first-order valence-corrected chi connectivity index (χ1v) is 5.34. The fourth-order valence-electron chi connectivity index (χ4n) is 1.51. The summed E-state index contributed by atoms with van der Waals surface area (Å²) in [7, 11) is 0. The maximum Gasteiger partial charge on any atom is 0.303 e. The second kappa shape index (κ2) is 5.21. The lowest BCUT2D eigenvalue weighted by Gasteiger charge is -2.02. The number of nitrogens with zero attached hydrogens (tertiary/aromatic N) is 4. The molecule has 2 rings (SSSR count). The summed E-state index contributed by atoms with van der Waals surface area (Å²) in [6.07, 6.45) is 0.467. The summed E-state index contributed by atoms with van der Waals surface area (Å²) in [4.78, 5) is 24.2. The Morgan fingerprint density at radius 1 is 1.44 bits per heavy atom. The van der Waals surface area contributed by atoms with Crippen molar-refractivity contribution in [3.05, 3.63) is 28.6 Å². The maximum atomic E-state index is 11.2. The lowest BCUT2D eigenvalue weighted by atomic mass is 10.3. The van der Waals surface area contributed by atoms with Crippen molar-refractivity contribution in [2.24, 2.45) is 0 Å². The molecule has 0 atom stereocenters. The van der Waals surface area contributed by atoms with Crippen LogP contribution in [0.25, 0.3) is 11.5 Å². The molecule has 8 nitrogen and oxygen atoms in total. The number of tetrazole rings is 1. The van der Waals surface area contributed by atoms with Gasteiger partial charge in [-0.1, -0.05) is 6.07 Å². The summed E-state index contributed by atoms with van der Waals surface area (Å²) in [5, 5.41) is 19.6. The van der Waals surface area contributed by atoms with E-state index in [1.807, 2.05) is 0 Å². The van der Waals surface area contributed by atoms with E-state index >= 15 is 0 Å². The van der Waals surface area contributed by atoms with Gasteiger partial charge in [0.15, 0.2) is 5.82 Å². The fourth-order valence-corrected chi connectivity index (χ4v) is 1.51. The van der Waals surface area contributed by atoms with Gasteiger partial charge in [-0.3, -0.25) is 9.59 Å². The van der Waals surface area contributed by atoms with Gasteiger partial charge in [0.1, 0.15) is 0 Å². The number of hydrogen-bond donors (Lipinski definition) is 2. The highest BCUT2D eigenvalue weighted by molar-refractivity contribution is 5.66. The molecule has 0 fully saturated rings. The van der Waals surface area contributed by atoms with E-state index < -0.39 is 5.97 Å². The molecule has 0 aliphatic rings. The van der Waals surface area contributed by atoms with Crippen LogP contribution in [0.3, 0.4) is 0 Å². The molecule has 2 heterocycles. The van der Waals surface area contributed by atoms with Crippen molar-refractivity contribution in [1.82, 2.24) is 25.2 Å². The molecule has 0 spiro atoms. The Labute approximate surface area is 101 Å². The minimum Gasteiger partial charge on any atom is -0.481 e. The van der Waals surface area contributed by atoms with Gasteiger partial charge in [0.25, 0.3) is 0 Å². The molecule has 0 unspecified atom stereocenters. The van der Waals surface area contributed by atoms with Gasteiger partial charge in [-0.2, -0.15) is 0 Å². The number of rotatable bonds is 5. The van der Waals surface area contributed by atoms with E-state index in [4.69, 9.17) is 5.11 Å². The number of aromatic nitrogens is 5. The van der Waals surface area contributed by atoms with E-state index in [9.17, 15) is 9.59 Å². The van der Waals surface area contributed by atoms with Crippen LogP contribution in [0, 0.1) is 0 Å². The second-order valence-electron chi connectivity index (χ2n) is 3.65. The summed E-state index contributed by atoms with van der Waals surface area (Å²) >= 11 is 0. The number of pyridine rings is 1. The first kappa shape index (κ1) is 12.0. The van der Waals surface area contributed by atoms with Crippen LogP contribution in [0.15, 0.2) is 23.0 Å². The lowest BCUT2D eigenvalue weighted by Crippen LogP contribution is -2.09. The standard InChI is InChI=1S/C10H11N5O3/c16-8-4-1-3-7(11-8)10-12-13-14-15(10)6-2-5-9(17)18/h1,3-4H,2,5-6H2,(H,11,16)(H,17,18). The molecule has 0 bridgehead atoms. The normalized spacial score (nSPS) is 10.4. The van der Waals surface area contributed by atoms with Crippen molar-refractivity contribution in [2.45, 2.75) is 19.4 Å². The Hall–Kier alpha value is -2.51. The summed E-state index contributed by atoms with van der Waals surface area (Å²) in [6, 6.07) is 4.67. The molecule has 94 valence electrons. The average molecular weight is 249 g/mol. The van der Waals surface area contributed by atoms with Gasteiger partial charge in [-0.25, -0.2) is 4.68 Å². The molecule has 0 aromatic carbocycles.